The molecular formula is C22H24O7. The molecule has 29 heavy (non-hydrogen) atoms. The summed E-state index contributed by atoms with van der Waals surface area (Å²) in [7, 11) is 0. The van der Waals surface area contributed by atoms with Gasteiger partial charge < -0.3 is 29.9 Å². The van der Waals surface area contributed by atoms with Crippen molar-refractivity contribution in [3.63, 3.8) is 0 Å². The Kier molecular flexibility index (Phi) is 6.66. The van der Waals surface area contributed by atoms with Crippen molar-refractivity contribution in [1.82, 2.24) is 0 Å². The Morgan fingerprint density at radius 1 is 0.966 bits per heavy atom. The summed E-state index contributed by atoms with van der Waals surface area (Å²) in [5.41, 5.74) is 2.81. The first-order chi connectivity index (χ1) is 13.9. The van der Waals surface area contributed by atoms with Gasteiger partial charge in [-0.2, -0.15) is 0 Å². The van der Waals surface area contributed by atoms with Crippen LogP contribution in [0.5, 0.6) is 5.75 Å². The predicted octanol–water partition coefficient (Wildman–Crippen LogP) is 1.60. The van der Waals surface area contributed by atoms with E-state index in [1.165, 1.54) is 0 Å². The first-order valence-corrected chi connectivity index (χ1v) is 9.28. The number of hydrogen-bond donors (Lipinski definition) is 4. The van der Waals surface area contributed by atoms with Gasteiger partial charge in [-0.15, -0.1) is 0 Å². The van der Waals surface area contributed by atoms with Gasteiger partial charge in [-0.05, 0) is 35.6 Å². The van der Waals surface area contributed by atoms with Crippen LogP contribution in [0.3, 0.4) is 0 Å². The second kappa shape index (κ2) is 9.19. The van der Waals surface area contributed by atoms with Crippen LogP contribution in [0.1, 0.15) is 17.5 Å². The van der Waals surface area contributed by atoms with E-state index < -0.39 is 36.7 Å². The molecule has 0 aromatic heterocycles. The van der Waals surface area contributed by atoms with Gasteiger partial charge in [-0.25, -0.2) is 4.79 Å². The lowest BCUT2D eigenvalue weighted by Crippen LogP contribution is -2.61. The minimum absolute atomic E-state index is 0.394. The number of aryl methyl sites for hydroxylation is 1. The minimum atomic E-state index is -1.76. The molecule has 2 aromatic rings. The highest BCUT2D eigenvalue weighted by atomic mass is 16.7. The molecule has 0 aliphatic carbocycles. The van der Waals surface area contributed by atoms with Crippen LogP contribution in [0.2, 0.25) is 0 Å². The number of carbonyl (C=O) groups is 1. The Hall–Kier alpha value is -2.71. The number of aliphatic carboxylic acids is 1. The maximum atomic E-state index is 11.3. The zero-order valence-electron chi connectivity index (χ0n) is 15.7. The second-order valence-corrected chi connectivity index (χ2v) is 6.93. The molecule has 5 unspecified atom stereocenters. The summed E-state index contributed by atoms with van der Waals surface area (Å²) >= 11 is 0. The van der Waals surface area contributed by atoms with E-state index >= 15 is 0 Å². The molecule has 5 atom stereocenters. The highest BCUT2D eigenvalue weighted by Gasteiger charge is 2.48. The van der Waals surface area contributed by atoms with Crippen molar-refractivity contribution in [1.29, 1.82) is 0 Å². The van der Waals surface area contributed by atoms with Crippen molar-refractivity contribution in [3.8, 4) is 5.75 Å². The summed E-state index contributed by atoms with van der Waals surface area (Å²) in [4.78, 5) is 11.3. The summed E-state index contributed by atoms with van der Waals surface area (Å²) in [5.74, 6) is -1.06. The molecule has 154 valence electrons. The smallest absolute Gasteiger partial charge is 0.335 e. The van der Waals surface area contributed by atoms with Gasteiger partial charge in [0.15, 0.2) is 6.10 Å². The highest BCUT2D eigenvalue weighted by Crippen LogP contribution is 2.28. The number of ether oxygens (including phenoxy) is 2. The number of rotatable bonds is 7. The van der Waals surface area contributed by atoms with E-state index in [-0.39, 0.29) is 0 Å². The van der Waals surface area contributed by atoms with Gasteiger partial charge in [-0.1, -0.05) is 55.1 Å². The monoisotopic (exact) mass is 400 g/mol. The Morgan fingerprint density at radius 3 is 2.31 bits per heavy atom. The van der Waals surface area contributed by atoms with Gasteiger partial charge in [0.2, 0.25) is 6.29 Å². The topological polar surface area (TPSA) is 116 Å². The Morgan fingerprint density at radius 2 is 1.62 bits per heavy atom. The van der Waals surface area contributed by atoms with Crippen molar-refractivity contribution in [2.24, 2.45) is 0 Å². The van der Waals surface area contributed by atoms with Crippen LogP contribution in [0.15, 0.2) is 61.2 Å². The standard InChI is InChI=1S/C22H24O7/c1-13(14-7-3-2-4-8-14)11-12-15-9-5-6-10-16(15)28-22-19(25)17(23)18(24)20(29-22)21(26)27/h2-10,17-20,22-25H,1,11-12H2,(H,26,27). The summed E-state index contributed by atoms with van der Waals surface area (Å²) in [6, 6.07) is 16.9. The molecule has 1 saturated heterocycles. The molecule has 2 aromatic carbocycles. The molecule has 1 fully saturated rings. The molecular weight excluding hydrogens is 376 g/mol. The number of para-hydroxylation sites is 1. The van der Waals surface area contributed by atoms with Crippen molar-refractivity contribution in [2.75, 3.05) is 0 Å². The van der Waals surface area contributed by atoms with Gasteiger partial charge in [-0.3, -0.25) is 0 Å². The molecule has 0 saturated carbocycles. The number of carboxylic acid groups (broad SMARTS) is 1. The fraction of sp³-hybridized carbons (Fsp3) is 0.318. The number of hydrogen-bond acceptors (Lipinski definition) is 6. The minimum Gasteiger partial charge on any atom is -0.479 e. The van der Waals surface area contributed by atoms with E-state index in [0.717, 1.165) is 16.7 Å². The van der Waals surface area contributed by atoms with Crippen LogP contribution in [0.4, 0.5) is 0 Å². The molecule has 1 heterocycles. The van der Waals surface area contributed by atoms with Gasteiger partial charge in [0.1, 0.15) is 24.1 Å². The Labute approximate surface area is 168 Å². The molecule has 4 N–H and O–H groups in total. The Balaban J connectivity index is 1.71. The summed E-state index contributed by atoms with van der Waals surface area (Å²) in [6.45, 7) is 4.11. The van der Waals surface area contributed by atoms with Crippen LogP contribution in [0.25, 0.3) is 5.57 Å². The molecule has 1 aliphatic rings. The largest absolute Gasteiger partial charge is 0.479 e. The fourth-order valence-electron chi connectivity index (χ4n) is 3.20. The number of aliphatic hydroxyl groups is 3. The normalized spacial score (nSPS) is 26.7. The van der Waals surface area contributed by atoms with E-state index in [9.17, 15) is 20.1 Å². The quantitative estimate of drug-likeness (QED) is 0.558. The third-order valence-corrected chi connectivity index (χ3v) is 4.91. The van der Waals surface area contributed by atoms with E-state index in [4.69, 9.17) is 14.6 Å². The summed E-state index contributed by atoms with van der Waals surface area (Å²) < 4.78 is 10.9. The molecule has 0 spiro atoms. The first-order valence-electron chi connectivity index (χ1n) is 9.28. The zero-order chi connectivity index (χ0) is 21.0. The number of carboxylic acids is 1. The second-order valence-electron chi connectivity index (χ2n) is 6.93. The molecule has 3 rings (SSSR count). The van der Waals surface area contributed by atoms with Gasteiger partial charge in [0.05, 0.1) is 0 Å². The fourth-order valence-corrected chi connectivity index (χ4v) is 3.20. The van der Waals surface area contributed by atoms with Crippen LogP contribution < -0.4 is 4.74 Å². The predicted molar refractivity (Wildman–Crippen MR) is 105 cm³/mol. The maximum absolute atomic E-state index is 11.3. The third kappa shape index (κ3) is 4.83. The van der Waals surface area contributed by atoms with E-state index in [0.29, 0.717) is 18.6 Å². The SMILES string of the molecule is C=C(CCc1ccccc1OC1OC(C(=O)O)C(O)C(O)C1O)c1ccccc1. The molecule has 1 aliphatic heterocycles. The molecule has 7 heteroatoms. The lowest BCUT2D eigenvalue weighted by Gasteiger charge is -2.38. The van der Waals surface area contributed by atoms with Gasteiger partial charge in [0, 0.05) is 0 Å². The molecule has 0 radical (unpaired) electrons. The molecule has 0 bridgehead atoms. The highest BCUT2D eigenvalue weighted by molar-refractivity contribution is 5.73. The number of benzene rings is 2. The zero-order valence-corrected chi connectivity index (χ0v) is 15.7. The lowest BCUT2D eigenvalue weighted by atomic mass is 9.98. The van der Waals surface area contributed by atoms with Crippen LogP contribution in [-0.4, -0.2) is 57.1 Å². The average Bonchev–Trinajstić information content (AvgIpc) is 2.73. The van der Waals surface area contributed by atoms with Crippen LogP contribution in [0, 0.1) is 0 Å². The third-order valence-electron chi connectivity index (χ3n) is 4.91. The Bertz CT molecular complexity index is 851. The number of aliphatic hydroxyl groups excluding tert-OH is 3. The van der Waals surface area contributed by atoms with Crippen molar-refractivity contribution in [3.05, 3.63) is 72.3 Å². The number of allylic oxidation sites excluding steroid dienone is 1. The average molecular weight is 400 g/mol. The molecule has 0 amide bonds. The van der Waals surface area contributed by atoms with Gasteiger partial charge >= 0.3 is 5.97 Å². The van der Waals surface area contributed by atoms with Crippen molar-refractivity contribution in [2.45, 2.75) is 43.5 Å². The maximum Gasteiger partial charge on any atom is 0.335 e. The van der Waals surface area contributed by atoms with Crippen LogP contribution in [-0.2, 0) is 16.0 Å². The van der Waals surface area contributed by atoms with Gasteiger partial charge in [0.25, 0.3) is 0 Å². The van der Waals surface area contributed by atoms with Crippen molar-refractivity contribution < 1.29 is 34.7 Å². The summed E-state index contributed by atoms with van der Waals surface area (Å²) in [6.07, 6.45) is -6.95. The lowest BCUT2D eigenvalue weighted by molar-refractivity contribution is -0.271. The van der Waals surface area contributed by atoms with Crippen molar-refractivity contribution >= 4 is 11.5 Å². The first kappa shape index (κ1) is 21.0. The molecule has 7 nitrogen and oxygen atoms in total. The summed E-state index contributed by atoms with van der Waals surface area (Å²) in [5, 5.41) is 39.1. The van der Waals surface area contributed by atoms with Crippen LogP contribution >= 0.6 is 0 Å². The van der Waals surface area contributed by atoms with E-state index in [1.54, 1.807) is 12.1 Å². The van der Waals surface area contributed by atoms with E-state index in [2.05, 4.69) is 6.58 Å². The van der Waals surface area contributed by atoms with E-state index in [1.807, 2.05) is 42.5 Å².